The van der Waals surface area contributed by atoms with Crippen molar-refractivity contribution in [3.8, 4) is 0 Å². The summed E-state index contributed by atoms with van der Waals surface area (Å²) >= 11 is 1.59. The Hall–Kier alpha value is -1.66. The highest BCUT2D eigenvalue weighted by Crippen LogP contribution is 2.11. The molecule has 2 rings (SSSR count). The number of hydrogen-bond acceptors (Lipinski definition) is 5. The minimum atomic E-state index is -0.972. The second-order valence-corrected chi connectivity index (χ2v) is 4.59. The lowest BCUT2D eigenvalue weighted by molar-refractivity contribution is 0.0694. The Morgan fingerprint density at radius 3 is 3.06 bits per heavy atom. The summed E-state index contributed by atoms with van der Waals surface area (Å²) in [5.41, 5.74) is 1.16. The highest BCUT2D eigenvalue weighted by Gasteiger charge is 2.12. The first-order valence-electron chi connectivity index (χ1n) is 5.08. The third-order valence-electron chi connectivity index (χ3n) is 2.23. The van der Waals surface area contributed by atoms with Gasteiger partial charge < -0.3 is 14.8 Å². The van der Waals surface area contributed by atoms with E-state index in [2.05, 4.69) is 10.3 Å². The predicted molar refractivity (Wildman–Crippen MR) is 63.1 cm³/mol. The molecular weight excluding hydrogens is 240 g/mol. The van der Waals surface area contributed by atoms with E-state index in [1.54, 1.807) is 11.3 Å². The van der Waals surface area contributed by atoms with Crippen molar-refractivity contribution in [1.82, 2.24) is 10.3 Å². The van der Waals surface area contributed by atoms with Crippen molar-refractivity contribution in [3.63, 3.8) is 0 Å². The van der Waals surface area contributed by atoms with Gasteiger partial charge in [-0.05, 0) is 13.0 Å². The van der Waals surface area contributed by atoms with Crippen LogP contribution in [-0.2, 0) is 13.1 Å². The molecule has 0 aromatic carbocycles. The Bertz CT molecular complexity index is 518. The first-order valence-corrected chi connectivity index (χ1v) is 5.96. The largest absolute Gasteiger partial charge is 0.478 e. The average Bonchev–Trinajstić information content (AvgIpc) is 2.87. The summed E-state index contributed by atoms with van der Waals surface area (Å²) in [7, 11) is 0. The van der Waals surface area contributed by atoms with Gasteiger partial charge in [-0.25, -0.2) is 9.78 Å². The number of carbonyl (C=O) groups is 1. The van der Waals surface area contributed by atoms with Crippen molar-refractivity contribution in [1.29, 1.82) is 0 Å². The van der Waals surface area contributed by atoms with Crippen molar-refractivity contribution in [2.75, 3.05) is 0 Å². The zero-order chi connectivity index (χ0) is 12.3. The normalized spacial score (nSPS) is 10.6. The maximum atomic E-state index is 10.8. The molecule has 2 aromatic rings. The standard InChI is InChI=1S/C11H12N2O3S/c1-7-13-8(6-17-7)4-12-5-10-9(11(14)15)2-3-16-10/h2-3,6,12H,4-5H2,1H3,(H,14,15). The van der Waals surface area contributed by atoms with Gasteiger partial charge in [-0.15, -0.1) is 11.3 Å². The molecule has 0 saturated heterocycles. The predicted octanol–water partition coefficient (Wildman–Crippen LogP) is 2.03. The summed E-state index contributed by atoms with van der Waals surface area (Å²) < 4.78 is 5.11. The Kier molecular flexibility index (Phi) is 3.55. The third-order valence-corrected chi connectivity index (χ3v) is 3.06. The van der Waals surface area contributed by atoms with Crippen LogP contribution in [0.25, 0.3) is 0 Å². The van der Waals surface area contributed by atoms with Crippen LogP contribution in [0.2, 0.25) is 0 Å². The van der Waals surface area contributed by atoms with Crippen molar-refractivity contribution in [3.05, 3.63) is 39.7 Å². The first-order chi connectivity index (χ1) is 8.16. The fraction of sp³-hybridized carbons (Fsp3) is 0.273. The van der Waals surface area contributed by atoms with Crippen LogP contribution in [0.4, 0.5) is 0 Å². The quantitative estimate of drug-likeness (QED) is 0.851. The summed E-state index contributed by atoms with van der Waals surface area (Å²) in [5.74, 6) is -0.537. The van der Waals surface area contributed by atoms with Gasteiger partial charge in [-0.2, -0.15) is 0 Å². The molecule has 6 heteroatoms. The van der Waals surface area contributed by atoms with Crippen molar-refractivity contribution in [2.45, 2.75) is 20.0 Å². The van der Waals surface area contributed by atoms with Gasteiger partial charge in [-0.3, -0.25) is 0 Å². The van der Waals surface area contributed by atoms with Crippen LogP contribution in [0.3, 0.4) is 0 Å². The molecule has 0 atom stereocenters. The lowest BCUT2D eigenvalue weighted by Crippen LogP contribution is -2.14. The lowest BCUT2D eigenvalue weighted by Gasteiger charge is -2.01. The monoisotopic (exact) mass is 252 g/mol. The molecule has 90 valence electrons. The Balaban J connectivity index is 1.90. The highest BCUT2D eigenvalue weighted by molar-refractivity contribution is 7.09. The van der Waals surface area contributed by atoms with Crippen LogP contribution in [-0.4, -0.2) is 16.1 Å². The molecule has 17 heavy (non-hydrogen) atoms. The number of carboxylic acid groups (broad SMARTS) is 1. The number of hydrogen-bond donors (Lipinski definition) is 2. The smallest absolute Gasteiger partial charge is 0.339 e. The van der Waals surface area contributed by atoms with E-state index in [9.17, 15) is 4.79 Å². The second kappa shape index (κ2) is 5.11. The number of nitrogens with zero attached hydrogens (tertiary/aromatic N) is 1. The lowest BCUT2D eigenvalue weighted by atomic mass is 10.2. The number of nitrogens with one attached hydrogen (secondary N) is 1. The fourth-order valence-corrected chi connectivity index (χ4v) is 2.07. The van der Waals surface area contributed by atoms with Gasteiger partial charge in [0.15, 0.2) is 0 Å². The summed E-state index contributed by atoms with van der Waals surface area (Å²) in [6.07, 6.45) is 1.38. The van der Waals surface area contributed by atoms with Crippen molar-refractivity contribution < 1.29 is 14.3 Å². The van der Waals surface area contributed by atoms with Gasteiger partial charge in [0, 0.05) is 11.9 Å². The summed E-state index contributed by atoms with van der Waals surface area (Å²) in [6, 6.07) is 1.45. The van der Waals surface area contributed by atoms with E-state index < -0.39 is 5.97 Å². The van der Waals surface area contributed by atoms with E-state index in [0.717, 1.165) is 10.7 Å². The highest BCUT2D eigenvalue weighted by atomic mass is 32.1. The minimum absolute atomic E-state index is 0.201. The molecule has 0 bridgehead atoms. The van der Waals surface area contributed by atoms with Crippen LogP contribution in [0.15, 0.2) is 22.1 Å². The van der Waals surface area contributed by atoms with E-state index in [1.165, 1.54) is 12.3 Å². The zero-order valence-corrected chi connectivity index (χ0v) is 10.1. The molecule has 0 spiro atoms. The van der Waals surface area contributed by atoms with E-state index in [4.69, 9.17) is 9.52 Å². The number of carboxylic acids is 1. The number of aromatic nitrogens is 1. The SMILES string of the molecule is Cc1nc(CNCc2occc2C(=O)O)cs1. The Morgan fingerprint density at radius 1 is 1.59 bits per heavy atom. The molecule has 0 amide bonds. The molecule has 0 aliphatic rings. The molecule has 0 aliphatic carbocycles. The van der Waals surface area contributed by atoms with Gasteiger partial charge in [0.05, 0.1) is 23.5 Å². The number of aryl methyl sites for hydroxylation is 1. The van der Waals surface area contributed by atoms with Crippen LogP contribution >= 0.6 is 11.3 Å². The van der Waals surface area contributed by atoms with Crippen molar-refractivity contribution >= 4 is 17.3 Å². The number of rotatable bonds is 5. The molecule has 2 aromatic heterocycles. The molecule has 0 saturated carbocycles. The number of thiazole rings is 1. The van der Waals surface area contributed by atoms with Crippen LogP contribution in [0.5, 0.6) is 0 Å². The van der Waals surface area contributed by atoms with Gasteiger partial charge in [0.2, 0.25) is 0 Å². The second-order valence-electron chi connectivity index (χ2n) is 3.52. The molecule has 0 unspecified atom stereocenters. The van der Waals surface area contributed by atoms with Crippen molar-refractivity contribution in [2.24, 2.45) is 0 Å². The summed E-state index contributed by atoms with van der Waals surface area (Å²) in [5, 5.41) is 15.0. The van der Waals surface area contributed by atoms with Crippen LogP contribution < -0.4 is 5.32 Å². The Morgan fingerprint density at radius 2 is 2.41 bits per heavy atom. The summed E-state index contributed by atoms with van der Waals surface area (Å²) in [6.45, 7) is 2.93. The fourth-order valence-electron chi connectivity index (χ4n) is 1.46. The van der Waals surface area contributed by atoms with Gasteiger partial charge in [0.25, 0.3) is 0 Å². The zero-order valence-electron chi connectivity index (χ0n) is 9.27. The summed E-state index contributed by atoms with van der Waals surface area (Å²) in [4.78, 5) is 15.1. The average molecular weight is 252 g/mol. The first kappa shape index (κ1) is 11.8. The molecule has 2 N–H and O–H groups in total. The van der Waals surface area contributed by atoms with Gasteiger partial charge in [0.1, 0.15) is 11.3 Å². The molecule has 0 radical (unpaired) electrons. The van der Waals surface area contributed by atoms with E-state index in [-0.39, 0.29) is 5.56 Å². The Labute approximate surface area is 102 Å². The van der Waals surface area contributed by atoms with Crippen LogP contribution in [0, 0.1) is 6.92 Å². The third kappa shape index (κ3) is 2.92. The van der Waals surface area contributed by atoms with Crippen LogP contribution in [0.1, 0.15) is 26.8 Å². The van der Waals surface area contributed by atoms with Gasteiger partial charge >= 0.3 is 5.97 Å². The maximum Gasteiger partial charge on any atom is 0.339 e. The molecule has 2 heterocycles. The maximum absolute atomic E-state index is 10.8. The van der Waals surface area contributed by atoms with E-state index in [1.807, 2.05) is 12.3 Å². The molecule has 0 aliphatic heterocycles. The number of furan rings is 1. The molecular formula is C11H12N2O3S. The van der Waals surface area contributed by atoms with E-state index >= 15 is 0 Å². The topological polar surface area (TPSA) is 75.4 Å². The van der Waals surface area contributed by atoms with E-state index in [0.29, 0.717) is 18.8 Å². The number of aromatic carboxylic acids is 1. The minimum Gasteiger partial charge on any atom is -0.478 e. The molecule has 0 fully saturated rings. The van der Waals surface area contributed by atoms with Gasteiger partial charge in [-0.1, -0.05) is 0 Å². The molecule has 5 nitrogen and oxygen atoms in total.